The number of carbonyl (C=O) groups is 1. The molecule has 0 bridgehead atoms. The fraction of sp³-hybridized carbons (Fsp3) is 0.417. The molecule has 0 saturated carbocycles. The molecule has 2 aliphatic rings. The fourth-order valence-corrected chi connectivity index (χ4v) is 1.65. The highest BCUT2D eigenvalue weighted by atomic mass is 16.7. The van der Waals surface area contributed by atoms with Gasteiger partial charge in [0, 0.05) is 13.3 Å². The number of esters is 1. The molecule has 0 N–H and O–H groups in total. The summed E-state index contributed by atoms with van der Waals surface area (Å²) in [5.74, 6) is -0.271. The summed E-state index contributed by atoms with van der Waals surface area (Å²) in [7, 11) is 0. The highest BCUT2D eigenvalue weighted by molar-refractivity contribution is 5.66. The second-order valence-electron chi connectivity index (χ2n) is 3.66. The molecule has 0 aromatic rings. The smallest absolute Gasteiger partial charge is 0.303 e. The van der Waals surface area contributed by atoms with E-state index in [4.69, 9.17) is 14.2 Å². The van der Waals surface area contributed by atoms with Gasteiger partial charge in [-0.05, 0) is 18.2 Å². The van der Waals surface area contributed by atoms with E-state index in [1.165, 1.54) is 6.92 Å². The third-order valence-corrected chi connectivity index (χ3v) is 2.30. The van der Waals surface area contributed by atoms with Crippen LogP contribution in [0.25, 0.3) is 0 Å². The Morgan fingerprint density at radius 1 is 1.25 bits per heavy atom. The van der Waals surface area contributed by atoms with Crippen molar-refractivity contribution in [3.05, 3.63) is 36.6 Å². The highest BCUT2D eigenvalue weighted by Crippen LogP contribution is 2.20. The maximum atomic E-state index is 10.8. The van der Waals surface area contributed by atoms with E-state index in [2.05, 4.69) is 0 Å². The molecule has 0 unspecified atom stereocenters. The minimum atomic E-state index is -0.351. The van der Waals surface area contributed by atoms with Crippen molar-refractivity contribution in [3.8, 4) is 0 Å². The van der Waals surface area contributed by atoms with Gasteiger partial charge < -0.3 is 14.2 Å². The van der Waals surface area contributed by atoms with E-state index < -0.39 is 0 Å². The summed E-state index contributed by atoms with van der Waals surface area (Å²) in [6.45, 7) is 1.40. The normalized spacial score (nSPS) is 31.4. The third kappa shape index (κ3) is 2.97. The fourth-order valence-electron chi connectivity index (χ4n) is 1.65. The Balaban J connectivity index is 1.77. The van der Waals surface area contributed by atoms with Crippen molar-refractivity contribution >= 4 is 5.97 Å². The van der Waals surface area contributed by atoms with Crippen molar-refractivity contribution in [2.75, 3.05) is 0 Å². The van der Waals surface area contributed by atoms with E-state index >= 15 is 0 Å². The lowest BCUT2D eigenvalue weighted by molar-refractivity contribution is -0.146. The SMILES string of the molecule is CC(=O)O[C@H]1C=C[C@H](O[C@@H]2C=CC=CO2)C1. The first-order chi connectivity index (χ1) is 7.74. The van der Waals surface area contributed by atoms with Gasteiger partial charge in [-0.25, -0.2) is 0 Å². The summed E-state index contributed by atoms with van der Waals surface area (Å²) < 4.78 is 15.9. The van der Waals surface area contributed by atoms with Gasteiger partial charge in [0.1, 0.15) is 6.10 Å². The lowest BCUT2D eigenvalue weighted by Gasteiger charge is -2.20. The van der Waals surface area contributed by atoms with Gasteiger partial charge in [-0.3, -0.25) is 4.79 Å². The van der Waals surface area contributed by atoms with Crippen molar-refractivity contribution in [2.45, 2.75) is 31.8 Å². The number of carbonyl (C=O) groups excluding carboxylic acids is 1. The largest absolute Gasteiger partial charge is 0.469 e. The first kappa shape index (κ1) is 11.0. The van der Waals surface area contributed by atoms with Gasteiger partial charge in [-0.2, -0.15) is 0 Å². The molecule has 1 aliphatic carbocycles. The topological polar surface area (TPSA) is 44.8 Å². The van der Waals surface area contributed by atoms with E-state index in [1.807, 2.05) is 24.3 Å². The van der Waals surface area contributed by atoms with Crippen LogP contribution in [-0.2, 0) is 19.0 Å². The molecule has 4 nitrogen and oxygen atoms in total. The van der Waals surface area contributed by atoms with Gasteiger partial charge in [0.25, 0.3) is 0 Å². The minimum absolute atomic E-state index is 0.0644. The molecular formula is C12H14O4. The Kier molecular flexibility index (Phi) is 3.41. The van der Waals surface area contributed by atoms with Crippen LogP contribution in [-0.4, -0.2) is 24.5 Å². The predicted octanol–water partition coefficient (Wildman–Crippen LogP) is 1.69. The highest BCUT2D eigenvalue weighted by Gasteiger charge is 2.24. The number of hydrogen-bond acceptors (Lipinski definition) is 4. The molecule has 0 amide bonds. The Morgan fingerprint density at radius 2 is 2.06 bits per heavy atom. The van der Waals surface area contributed by atoms with Gasteiger partial charge in [-0.1, -0.05) is 12.2 Å². The molecular weight excluding hydrogens is 208 g/mol. The van der Waals surface area contributed by atoms with E-state index in [9.17, 15) is 4.79 Å². The van der Waals surface area contributed by atoms with E-state index in [0.29, 0.717) is 6.42 Å². The maximum absolute atomic E-state index is 10.8. The third-order valence-electron chi connectivity index (χ3n) is 2.30. The summed E-state index contributed by atoms with van der Waals surface area (Å²) >= 11 is 0. The molecule has 0 saturated heterocycles. The van der Waals surface area contributed by atoms with Crippen molar-refractivity contribution < 1.29 is 19.0 Å². The lowest BCUT2D eigenvalue weighted by Crippen LogP contribution is -2.22. The number of rotatable bonds is 3. The Hall–Kier alpha value is -1.55. The van der Waals surface area contributed by atoms with Crippen LogP contribution in [0.4, 0.5) is 0 Å². The molecule has 0 aromatic carbocycles. The molecule has 0 fully saturated rings. The van der Waals surface area contributed by atoms with Crippen LogP contribution in [0, 0.1) is 0 Å². The van der Waals surface area contributed by atoms with Crippen molar-refractivity contribution in [3.63, 3.8) is 0 Å². The monoisotopic (exact) mass is 222 g/mol. The van der Waals surface area contributed by atoms with Gasteiger partial charge >= 0.3 is 5.97 Å². The molecule has 1 aliphatic heterocycles. The summed E-state index contributed by atoms with van der Waals surface area (Å²) in [4.78, 5) is 10.8. The molecule has 16 heavy (non-hydrogen) atoms. The first-order valence-electron chi connectivity index (χ1n) is 5.24. The quantitative estimate of drug-likeness (QED) is 0.538. The van der Waals surface area contributed by atoms with Gasteiger partial charge in [-0.15, -0.1) is 0 Å². The zero-order valence-electron chi connectivity index (χ0n) is 9.04. The minimum Gasteiger partial charge on any atom is -0.469 e. The zero-order valence-corrected chi connectivity index (χ0v) is 9.04. The predicted molar refractivity (Wildman–Crippen MR) is 57.3 cm³/mol. The van der Waals surface area contributed by atoms with Crippen LogP contribution in [0.5, 0.6) is 0 Å². The molecule has 1 heterocycles. The Bertz CT molecular complexity index is 343. The average Bonchev–Trinajstić information content (AvgIpc) is 2.66. The summed E-state index contributed by atoms with van der Waals surface area (Å²) in [5.41, 5.74) is 0. The lowest BCUT2D eigenvalue weighted by atomic mass is 10.3. The van der Waals surface area contributed by atoms with Crippen LogP contribution < -0.4 is 0 Å². The molecule has 0 spiro atoms. The van der Waals surface area contributed by atoms with Crippen LogP contribution in [0.1, 0.15) is 13.3 Å². The molecule has 4 heteroatoms. The van der Waals surface area contributed by atoms with Crippen LogP contribution in [0.2, 0.25) is 0 Å². The number of ether oxygens (including phenoxy) is 3. The molecule has 2 rings (SSSR count). The van der Waals surface area contributed by atoms with E-state index in [1.54, 1.807) is 12.3 Å². The van der Waals surface area contributed by atoms with Gasteiger partial charge in [0.15, 0.2) is 0 Å². The van der Waals surface area contributed by atoms with E-state index in [0.717, 1.165) is 0 Å². The van der Waals surface area contributed by atoms with Crippen molar-refractivity contribution in [1.29, 1.82) is 0 Å². The molecule has 0 radical (unpaired) electrons. The molecule has 3 atom stereocenters. The van der Waals surface area contributed by atoms with E-state index in [-0.39, 0.29) is 24.5 Å². The Labute approximate surface area is 94.2 Å². The summed E-state index contributed by atoms with van der Waals surface area (Å²) in [6, 6.07) is 0. The molecule has 86 valence electrons. The van der Waals surface area contributed by atoms with Gasteiger partial charge in [0.2, 0.25) is 6.29 Å². The standard InChI is InChI=1S/C12H14O4/c1-9(13)15-10-5-6-11(8-10)16-12-4-2-3-7-14-12/h2-7,10-12H,8H2,1H3/t10-,11-,12+/m0/s1. The van der Waals surface area contributed by atoms with Crippen molar-refractivity contribution in [1.82, 2.24) is 0 Å². The molecule has 0 aromatic heterocycles. The van der Waals surface area contributed by atoms with Crippen molar-refractivity contribution in [2.24, 2.45) is 0 Å². The first-order valence-corrected chi connectivity index (χ1v) is 5.24. The second-order valence-corrected chi connectivity index (χ2v) is 3.66. The van der Waals surface area contributed by atoms with Crippen LogP contribution >= 0.6 is 0 Å². The summed E-state index contributed by atoms with van der Waals surface area (Å²) in [5, 5.41) is 0. The van der Waals surface area contributed by atoms with Gasteiger partial charge in [0.05, 0.1) is 12.4 Å². The average molecular weight is 222 g/mol. The summed E-state index contributed by atoms with van der Waals surface area (Å²) in [6.07, 6.45) is 10.9. The number of hydrogen-bond donors (Lipinski definition) is 0. The zero-order chi connectivity index (χ0) is 11.4. The van der Waals surface area contributed by atoms with Crippen LogP contribution in [0.15, 0.2) is 36.6 Å². The maximum Gasteiger partial charge on any atom is 0.303 e. The Morgan fingerprint density at radius 3 is 2.75 bits per heavy atom. The van der Waals surface area contributed by atoms with Crippen LogP contribution in [0.3, 0.4) is 0 Å². The second kappa shape index (κ2) is 4.99. The number of allylic oxidation sites excluding steroid dienone is 2.